The summed E-state index contributed by atoms with van der Waals surface area (Å²) in [5.74, 6) is -0.879. The lowest BCUT2D eigenvalue weighted by Gasteiger charge is -2.34. The van der Waals surface area contributed by atoms with Crippen LogP contribution in [0.1, 0.15) is 22.6 Å². The first kappa shape index (κ1) is 20.1. The van der Waals surface area contributed by atoms with Gasteiger partial charge in [0.25, 0.3) is 5.91 Å². The molecule has 1 atom stereocenters. The lowest BCUT2D eigenvalue weighted by atomic mass is 10.0. The fraction of sp³-hybridized carbons (Fsp3) is 0.261. The van der Waals surface area contributed by atoms with Gasteiger partial charge in [-0.1, -0.05) is 29.8 Å². The molecule has 6 nitrogen and oxygen atoms in total. The number of thiazole rings is 1. The zero-order valence-electron chi connectivity index (χ0n) is 16.8. The molecule has 30 heavy (non-hydrogen) atoms. The van der Waals surface area contributed by atoms with E-state index < -0.39 is 12.0 Å². The van der Waals surface area contributed by atoms with E-state index in [9.17, 15) is 14.7 Å². The van der Waals surface area contributed by atoms with E-state index >= 15 is 0 Å². The molecule has 2 heterocycles. The van der Waals surface area contributed by atoms with Gasteiger partial charge in [-0.25, -0.2) is 9.78 Å². The molecule has 1 amide bonds. The highest BCUT2D eigenvalue weighted by molar-refractivity contribution is 7.09. The van der Waals surface area contributed by atoms with Crippen LogP contribution in [0.25, 0.3) is 11.3 Å². The minimum Gasteiger partial charge on any atom is -0.482 e. The number of anilines is 1. The number of carbonyl (C=O) groups is 2. The van der Waals surface area contributed by atoms with Gasteiger partial charge < -0.3 is 9.84 Å². The molecule has 1 aromatic heterocycles. The number of nitrogens with zero attached hydrogens (tertiary/aromatic N) is 2. The second-order valence-electron chi connectivity index (χ2n) is 7.36. The van der Waals surface area contributed by atoms with Crippen LogP contribution in [-0.4, -0.2) is 34.6 Å². The highest BCUT2D eigenvalue weighted by Crippen LogP contribution is 2.38. The van der Waals surface area contributed by atoms with E-state index in [1.165, 1.54) is 16.2 Å². The Hall–Kier alpha value is -3.19. The molecule has 0 radical (unpaired) electrons. The summed E-state index contributed by atoms with van der Waals surface area (Å²) >= 11 is 1.54. The van der Waals surface area contributed by atoms with Crippen molar-refractivity contribution in [1.29, 1.82) is 0 Å². The van der Waals surface area contributed by atoms with Crippen molar-refractivity contribution in [2.45, 2.75) is 32.7 Å². The van der Waals surface area contributed by atoms with Gasteiger partial charge in [-0.15, -0.1) is 11.3 Å². The van der Waals surface area contributed by atoms with Crippen LogP contribution < -0.4 is 9.64 Å². The Kier molecular flexibility index (Phi) is 5.55. The van der Waals surface area contributed by atoms with Crippen molar-refractivity contribution in [3.05, 3.63) is 64.0 Å². The van der Waals surface area contributed by atoms with Crippen LogP contribution in [0.3, 0.4) is 0 Å². The molecule has 0 saturated carbocycles. The standard InChI is InChI=1S/C23H22N2O4S/c1-14-3-5-16(6-4-14)7-9-19(23(27)28)25-20-11-17(18-13-30-15(2)24-18)8-10-21(20)29-12-22(25)26/h3-6,8,10-11,13,19H,7,9,12H2,1-2H3,(H,27,28). The summed E-state index contributed by atoms with van der Waals surface area (Å²) < 4.78 is 5.57. The highest BCUT2D eigenvalue weighted by Gasteiger charge is 2.36. The second-order valence-corrected chi connectivity index (χ2v) is 8.43. The van der Waals surface area contributed by atoms with Gasteiger partial charge in [0.15, 0.2) is 6.61 Å². The SMILES string of the molecule is Cc1ccc(CCC(C(=O)O)N2C(=O)COc3ccc(-c4csc(C)n4)cc32)cc1. The van der Waals surface area contributed by atoms with Crippen LogP contribution in [0.2, 0.25) is 0 Å². The number of hydrogen-bond acceptors (Lipinski definition) is 5. The van der Waals surface area contributed by atoms with Crippen molar-refractivity contribution in [2.24, 2.45) is 0 Å². The number of aryl methyl sites for hydroxylation is 3. The maximum absolute atomic E-state index is 12.7. The van der Waals surface area contributed by atoms with E-state index in [2.05, 4.69) is 4.98 Å². The minimum atomic E-state index is -1.03. The van der Waals surface area contributed by atoms with E-state index in [4.69, 9.17) is 4.74 Å². The van der Waals surface area contributed by atoms with E-state index in [-0.39, 0.29) is 12.5 Å². The molecule has 1 aliphatic rings. The monoisotopic (exact) mass is 422 g/mol. The van der Waals surface area contributed by atoms with E-state index in [1.807, 2.05) is 49.6 Å². The number of carboxylic acids is 1. The largest absolute Gasteiger partial charge is 0.482 e. The Morgan fingerprint density at radius 2 is 2.00 bits per heavy atom. The van der Waals surface area contributed by atoms with Crippen molar-refractivity contribution >= 4 is 28.9 Å². The van der Waals surface area contributed by atoms with Gasteiger partial charge in [-0.3, -0.25) is 9.69 Å². The number of carboxylic acid groups (broad SMARTS) is 1. The van der Waals surface area contributed by atoms with E-state index in [1.54, 1.807) is 12.1 Å². The molecule has 0 aliphatic carbocycles. The molecule has 0 saturated heterocycles. The predicted molar refractivity (Wildman–Crippen MR) is 116 cm³/mol. The van der Waals surface area contributed by atoms with Gasteiger partial charge in [0, 0.05) is 10.9 Å². The third-order valence-electron chi connectivity index (χ3n) is 5.18. The van der Waals surface area contributed by atoms with E-state index in [0.717, 1.165) is 27.4 Å². The predicted octanol–water partition coefficient (Wildman–Crippen LogP) is 4.24. The summed E-state index contributed by atoms with van der Waals surface area (Å²) in [6.07, 6.45) is 0.867. The summed E-state index contributed by atoms with van der Waals surface area (Å²) in [6, 6.07) is 12.5. The Morgan fingerprint density at radius 1 is 1.23 bits per heavy atom. The molecule has 3 aromatic rings. The van der Waals surface area contributed by atoms with Crippen LogP contribution in [0, 0.1) is 13.8 Å². The van der Waals surface area contributed by atoms with Crippen LogP contribution in [0.4, 0.5) is 5.69 Å². The number of rotatable bonds is 6. The first-order chi connectivity index (χ1) is 14.4. The second kappa shape index (κ2) is 8.28. The molecule has 1 N–H and O–H groups in total. The first-order valence-corrected chi connectivity index (χ1v) is 10.6. The molecule has 1 aliphatic heterocycles. The minimum absolute atomic E-state index is 0.170. The Morgan fingerprint density at radius 3 is 2.67 bits per heavy atom. The summed E-state index contributed by atoms with van der Waals surface area (Å²) in [5, 5.41) is 12.8. The van der Waals surface area contributed by atoms with Crippen LogP contribution in [0.5, 0.6) is 5.75 Å². The van der Waals surface area contributed by atoms with Crippen LogP contribution >= 0.6 is 11.3 Å². The number of aliphatic carboxylic acids is 1. The zero-order valence-corrected chi connectivity index (χ0v) is 17.6. The number of hydrogen-bond donors (Lipinski definition) is 1. The van der Waals surface area contributed by atoms with Crippen molar-refractivity contribution in [3.63, 3.8) is 0 Å². The first-order valence-electron chi connectivity index (χ1n) is 9.72. The Labute approximate surface area is 178 Å². The van der Waals surface area contributed by atoms with Crippen molar-refractivity contribution in [2.75, 3.05) is 11.5 Å². The maximum Gasteiger partial charge on any atom is 0.326 e. The third-order valence-corrected chi connectivity index (χ3v) is 5.95. The number of carbonyl (C=O) groups excluding carboxylic acids is 1. The van der Waals surface area contributed by atoms with Gasteiger partial charge >= 0.3 is 5.97 Å². The van der Waals surface area contributed by atoms with Crippen LogP contribution in [-0.2, 0) is 16.0 Å². The zero-order chi connectivity index (χ0) is 21.3. The molecule has 0 bridgehead atoms. The van der Waals surface area contributed by atoms with Gasteiger partial charge in [0.2, 0.25) is 0 Å². The fourth-order valence-corrected chi connectivity index (χ4v) is 4.21. The topological polar surface area (TPSA) is 79.7 Å². The summed E-state index contributed by atoms with van der Waals surface area (Å²) in [4.78, 5) is 30.7. The van der Waals surface area contributed by atoms with Crippen molar-refractivity contribution < 1.29 is 19.4 Å². The number of benzene rings is 2. The quantitative estimate of drug-likeness (QED) is 0.643. The molecule has 1 unspecified atom stereocenters. The van der Waals surface area contributed by atoms with Gasteiger partial charge in [0.05, 0.1) is 16.4 Å². The smallest absolute Gasteiger partial charge is 0.326 e. The van der Waals surface area contributed by atoms with Crippen molar-refractivity contribution in [1.82, 2.24) is 4.98 Å². The number of ether oxygens (including phenoxy) is 1. The van der Waals surface area contributed by atoms with Crippen LogP contribution in [0.15, 0.2) is 47.8 Å². The molecule has 7 heteroatoms. The van der Waals surface area contributed by atoms with Crippen molar-refractivity contribution in [3.8, 4) is 17.0 Å². The average molecular weight is 423 g/mol. The number of aromatic nitrogens is 1. The maximum atomic E-state index is 12.7. The number of fused-ring (bicyclic) bond motifs is 1. The number of amides is 1. The lowest BCUT2D eigenvalue weighted by molar-refractivity contribution is -0.140. The molecular weight excluding hydrogens is 400 g/mol. The highest BCUT2D eigenvalue weighted by atomic mass is 32.1. The molecule has 4 rings (SSSR count). The Balaban J connectivity index is 1.66. The fourth-order valence-electron chi connectivity index (χ4n) is 3.59. The normalized spacial score (nSPS) is 14.2. The summed E-state index contributed by atoms with van der Waals surface area (Å²) in [6.45, 7) is 3.77. The Bertz CT molecular complexity index is 1090. The third kappa shape index (κ3) is 4.07. The average Bonchev–Trinajstić information content (AvgIpc) is 3.16. The summed E-state index contributed by atoms with van der Waals surface area (Å²) in [5.41, 5.74) is 4.29. The lowest BCUT2D eigenvalue weighted by Crippen LogP contribution is -2.49. The molecule has 0 fully saturated rings. The summed E-state index contributed by atoms with van der Waals surface area (Å²) in [7, 11) is 0. The molecule has 154 valence electrons. The molecule has 2 aromatic carbocycles. The molecule has 0 spiro atoms. The van der Waals surface area contributed by atoms with Gasteiger partial charge in [0.1, 0.15) is 11.8 Å². The van der Waals surface area contributed by atoms with Gasteiger partial charge in [-0.2, -0.15) is 0 Å². The molecular formula is C23H22N2O4S. The van der Waals surface area contributed by atoms with E-state index in [0.29, 0.717) is 24.3 Å². The van der Waals surface area contributed by atoms with Gasteiger partial charge in [-0.05, 0) is 50.5 Å².